The number of nitrogens with one attached hydrogen (secondary N) is 2. The molecule has 17 heteroatoms. The number of likely N-dealkylation sites (tertiary alicyclic amines) is 1. The van der Waals surface area contributed by atoms with Crippen LogP contribution in [0.3, 0.4) is 0 Å². The molecule has 16 nitrogen and oxygen atoms in total. The molecule has 0 radical (unpaired) electrons. The number of rotatable bonds is 10. The minimum atomic E-state index is -1.51. The van der Waals surface area contributed by atoms with E-state index in [1.54, 1.807) is 46.1 Å². The number of halogens is 1. The van der Waals surface area contributed by atoms with Crippen molar-refractivity contribution in [2.75, 3.05) is 49.5 Å². The summed E-state index contributed by atoms with van der Waals surface area (Å²) in [6.07, 6.45) is 10.7. The standard InChI is InChI=1S/C40H39FN10O6/c41-40(21-48(22-40)30-4-1-3-26-34(30)39(56)51(38(26)55)31-7-8-33(52)45-37(31)54)20-47-13-9-25(10-14-47)50-18-24-15-29(32(16-28(24)46-50)57-19-23-5-6-23)44-36(53)27-17-43-49-12-2-11-42-35(27)49/h1-4,11-12,15-18,23,25,31H,5-10,13-14,19-22H2,(H,44,53)(H,45,52,54). The fraction of sp³-hybridized carbons (Fsp3) is 0.400. The zero-order chi connectivity index (χ0) is 39.0. The van der Waals surface area contributed by atoms with Crippen molar-refractivity contribution in [2.45, 2.75) is 56.3 Å². The van der Waals surface area contributed by atoms with E-state index >= 15 is 4.39 Å². The number of amides is 5. The minimum Gasteiger partial charge on any atom is -0.491 e. The summed E-state index contributed by atoms with van der Waals surface area (Å²) < 4.78 is 25.9. The molecule has 3 aromatic heterocycles. The highest BCUT2D eigenvalue weighted by Crippen LogP contribution is 2.40. The first-order valence-corrected chi connectivity index (χ1v) is 19.4. The van der Waals surface area contributed by atoms with Gasteiger partial charge in [0, 0.05) is 56.1 Å². The van der Waals surface area contributed by atoms with Crippen LogP contribution in [0, 0.1) is 5.92 Å². The number of hydrogen-bond acceptors (Lipinski definition) is 11. The zero-order valence-electron chi connectivity index (χ0n) is 30.9. The third kappa shape index (κ3) is 6.35. The number of fused-ring (bicyclic) bond motifs is 3. The number of piperidine rings is 2. The summed E-state index contributed by atoms with van der Waals surface area (Å²) >= 11 is 0. The third-order valence-electron chi connectivity index (χ3n) is 11.7. The summed E-state index contributed by atoms with van der Waals surface area (Å²) in [4.78, 5) is 73.6. The number of imide groups is 2. The van der Waals surface area contributed by atoms with Gasteiger partial charge in [0.05, 0.1) is 60.0 Å². The highest BCUT2D eigenvalue weighted by molar-refractivity contribution is 6.25. The Bertz CT molecular complexity index is 2500. The van der Waals surface area contributed by atoms with E-state index in [4.69, 9.17) is 9.84 Å². The molecule has 1 unspecified atom stereocenters. The predicted molar refractivity (Wildman–Crippen MR) is 203 cm³/mol. The Hall–Kier alpha value is -6.23. The molecule has 2 aromatic carbocycles. The molecule has 1 aliphatic carbocycles. The molecule has 4 aliphatic heterocycles. The van der Waals surface area contributed by atoms with Crippen LogP contribution in [0.15, 0.2) is 61.2 Å². The lowest BCUT2D eigenvalue weighted by atomic mass is 9.92. The van der Waals surface area contributed by atoms with E-state index in [0.717, 1.165) is 41.5 Å². The predicted octanol–water partition coefficient (Wildman–Crippen LogP) is 3.39. The summed E-state index contributed by atoms with van der Waals surface area (Å²) in [5.41, 5.74) is 1.41. The topological polar surface area (TPSA) is 176 Å². The maximum Gasteiger partial charge on any atom is 0.264 e. The first kappa shape index (κ1) is 35.2. The summed E-state index contributed by atoms with van der Waals surface area (Å²) in [5, 5.41) is 15.2. The van der Waals surface area contributed by atoms with Crippen molar-refractivity contribution in [3.8, 4) is 5.75 Å². The van der Waals surface area contributed by atoms with Crippen LogP contribution in [0.4, 0.5) is 15.8 Å². The van der Waals surface area contributed by atoms with Gasteiger partial charge in [-0.3, -0.25) is 43.8 Å². The van der Waals surface area contributed by atoms with Crippen molar-refractivity contribution < 1.29 is 33.1 Å². The van der Waals surface area contributed by atoms with Crippen LogP contribution >= 0.6 is 0 Å². The molecule has 0 spiro atoms. The first-order valence-electron chi connectivity index (χ1n) is 19.4. The van der Waals surface area contributed by atoms with E-state index in [-0.39, 0.29) is 55.6 Å². The second kappa shape index (κ2) is 13.5. The Balaban J connectivity index is 0.787. The average molecular weight is 775 g/mol. The molecule has 1 saturated carbocycles. The van der Waals surface area contributed by atoms with E-state index in [2.05, 4.69) is 25.6 Å². The van der Waals surface area contributed by atoms with Gasteiger partial charge in [0.1, 0.15) is 17.4 Å². The number of alkyl halides is 1. The SMILES string of the molecule is O=C1CCC(N2C(=O)c3cccc(N4CC(F)(CN5CCC(n6cc7cc(NC(=O)c8cnn9cccnc89)c(OCC8CC8)cc7n6)CC5)C4)c3C2=O)C(=O)N1. The van der Waals surface area contributed by atoms with E-state index in [9.17, 15) is 24.0 Å². The van der Waals surface area contributed by atoms with Crippen LogP contribution in [-0.4, -0.2) is 115 Å². The molecule has 0 bridgehead atoms. The third-order valence-corrected chi connectivity index (χ3v) is 11.7. The van der Waals surface area contributed by atoms with Crippen LogP contribution < -0.4 is 20.3 Å². The van der Waals surface area contributed by atoms with Crippen molar-refractivity contribution in [3.05, 3.63) is 77.9 Å². The number of aromatic nitrogens is 5. The highest BCUT2D eigenvalue weighted by atomic mass is 19.1. The summed E-state index contributed by atoms with van der Waals surface area (Å²) in [6, 6.07) is 9.45. The molecule has 10 rings (SSSR count). The molecule has 5 aliphatic rings. The van der Waals surface area contributed by atoms with E-state index in [1.807, 2.05) is 23.0 Å². The molecule has 3 saturated heterocycles. The quantitative estimate of drug-likeness (QED) is 0.199. The fourth-order valence-electron chi connectivity index (χ4n) is 8.56. The number of carbonyl (C=O) groups is 5. The average Bonchev–Trinajstić information content (AvgIpc) is 3.68. The van der Waals surface area contributed by atoms with Gasteiger partial charge < -0.3 is 15.0 Å². The zero-order valence-corrected chi connectivity index (χ0v) is 30.9. The lowest BCUT2D eigenvalue weighted by Crippen LogP contribution is -2.64. The second-order valence-electron chi connectivity index (χ2n) is 15.8. The van der Waals surface area contributed by atoms with Crippen molar-refractivity contribution in [2.24, 2.45) is 5.92 Å². The fourth-order valence-corrected chi connectivity index (χ4v) is 8.56. The van der Waals surface area contributed by atoms with Crippen LogP contribution in [0.25, 0.3) is 16.6 Å². The normalized spacial score (nSPS) is 21.2. The molecule has 7 heterocycles. The largest absolute Gasteiger partial charge is 0.491 e. The van der Waals surface area contributed by atoms with Gasteiger partial charge in [0.2, 0.25) is 11.8 Å². The van der Waals surface area contributed by atoms with Gasteiger partial charge in [-0.1, -0.05) is 6.07 Å². The number of benzene rings is 2. The van der Waals surface area contributed by atoms with E-state index in [1.165, 1.54) is 6.20 Å². The molecule has 57 heavy (non-hydrogen) atoms. The molecule has 2 N–H and O–H groups in total. The first-order chi connectivity index (χ1) is 27.6. The number of hydrogen-bond donors (Lipinski definition) is 2. The molecule has 1 atom stereocenters. The van der Waals surface area contributed by atoms with Crippen LogP contribution in [0.5, 0.6) is 5.75 Å². The monoisotopic (exact) mass is 774 g/mol. The number of carbonyl (C=O) groups excluding carboxylic acids is 5. The Morgan fingerprint density at radius 3 is 2.63 bits per heavy atom. The Morgan fingerprint density at radius 1 is 1.02 bits per heavy atom. The molecule has 292 valence electrons. The van der Waals surface area contributed by atoms with Gasteiger partial charge in [-0.05, 0) is 62.3 Å². The van der Waals surface area contributed by atoms with Gasteiger partial charge in [0.15, 0.2) is 11.3 Å². The summed E-state index contributed by atoms with van der Waals surface area (Å²) in [5.74, 6) is -1.57. The highest BCUT2D eigenvalue weighted by Gasteiger charge is 2.50. The smallest absolute Gasteiger partial charge is 0.264 e. The van der Waals surface area contributed by atoms with Crippen molar-refractivity contribution in [1.29, 1.82) is 0 Å². The van der Waals surface area contributed by atoms with E-state index < -0.39 is 35.3 Å². The lowest BCUT2D eigenvalue weighted by Gasteiger charge is -2.49. The Kier molecular flexibility index (Phi) is 8.31. The molecular weight excluding hydrogens is 736 g/mol. The van der Waals surface area contributed by atoms with E-state index in [0.29, 0.717) is 53.9 Å². The molecule has 5 aromatic rings. The maximum atomic E-state index is 16.2. The number of ether oxygens (including phenoxy) is 1. The Labute approximate surface area is 324 Å². The molecular formula is C40H39FN10O6. The van der Waals surface area contributed by atoms with Gasteiger partial charge in [-0.25, -0.2) is 13.9 Å². The van der Waals surface area contributed by atoms with Gasteiger partial charge in [0.25, 0.3) is 17.7 Å². The van der Waals surface area contributed by atoms with Crippen LogP contribution in [-0.2, 0) is 9.59 Å². The van der Waals surface area contributed by atoms with Crippen LogP contribution in [0.1, 0.15) is 75.6 Å². The summed E-state index contributed by atoms with van der Waals surface area (Å²) in [6.45, 7) is 2.26. The molecule has 5 amide bonds. The van der Waals surface area contributed by atoms with Crippen LogP contribution in [0.2, 0.25) is 0 Å². The lowest BCUT2D eigenvalue weighted by molar-refractivity contribution is -0.136. The van der Waals surface area contributed by atoms with Gasteiger partial charge in [-0.2, -0.15) is 10.2 Å². The van der Waals surface area contributed by atoms with Gasteiger partial charge in [-0.15, -0.1) is 0 Å². The second-order valence-corrected chi connectivity index (χ2v) is 15.8. The summed E-state index contributed by atoms with van der Waals surface area (Å²) in [7, 11) is 0. The van der Waals surface area contributed by atoms with Gasteiger partial charge >= 0.3 is 0 Å². The Morgan fingerprint density at radius 2 is 1.84 bits per heavy atom. The number of anilines is 2. The van der Waals surface area contributed by atoms with Crippen molar-refractivity contribution in [1.82, 2.24) is 39.5 Å². The van der Waals surface area contributed by atoms with Crippen molar-refractivity contribution >= 4 is 57.5 Å². The van der Waals surface area contributed by atoms with Crippen molar-refractivity contribution in [3.63, 3.8) is 0 Å². The minimum absolute atomic E-state index is 0.0338. The number of nitrogens with zero attached hydrogens (tertiary/aromatic N) is 8. The molecule has 4 fully saturated rings. The maximum absolute atomic E-state index is 16.2.